The summed E-state index contributed by atoms with van der Waals surface area (Å²) in [5, 5.41) is 2.62. The molecule has 29 heavy (non-hydrogen) atoms. The van der Waals surface area contributed by atoms with Gasteiger partial charge in [0.15, 0.2) is 0 Å². The summed E-state index contributed by atoms with van der Waals surface area (Å²) in [6.45, 7) is 3.76. The molecule has 0 aliphatic heterocycles. The molecular weight excluding hydrogens is 362 g/mol. The van der Waals surface area contributed by atoms with E-state index in [4.69, 9.17) is 0 Å². The lowest BCUT2D eigenvalue weighted by atomic mass is 10.2. The van der Waals surface area contributed by atoms with Gasteiger partial charge in [0.1, 0.15) is 6.04 Å². The Hall–Kier alpha value is -2.36. The van der Waals surface area contributed by atoms with Crippen molar-refractivity contribution in [3.8, 4) is 0 Å². The standard InChI is InChI=1S/C24H37NO3.CH4/c1-4-5-6-7-8-9-10-11-12-13-14-15-16-17-18-19-20-21-23(26)25-22(2)24(27)28-3;/h5-6,8-9,11-12,14-15,17-18,22H,4,7,10,13,16,19-21H2,1-3H3,(H,25,26);1H4/b6-5-,9-8-,12-11-,15-14-,18-17-;. The van der Waals surface area contributed by atoms with Gasteiger partial charge in [-0.1, -0.05) is 75.1 Å². The van der Waals surface area contributed by atoms with Crippen molar-refractivity contribution in [3.05, 3.63) is 60.8 Å². The van der Waals surface area contributed by atoms with Crippen molar-refractivity contribution in [1.29, 1.82) is 0 Å². The number of carbonyl (C=O) groups is 2. The molecule has 0 aromatic heterocycles. The molecule has 0 heterocycles. The summed E-state index contributed by atoms with van der Waals surface area (Å²) >= 11 is 0. The number of allylic oxidation sites excluding steroid dienone is 10. The smallest absolute Gasteiger partial charge is 0.328 e. The van der Waals surface area contributed by atoms with Gasteiger partial charge in [-0.15, -0.1) is 0 Å². The lowest BCUT2D eigenvalue weighted by Crippen LogP contribution is -2.38. The van der Waals surface area contributed by atoms with Crippen LogP contribution in [0.1, 0.15) is 72.6 Å². The zero-order chi connectivity index (χ0) is 20.9. The van der Waals surface area contributed by atoms with Crippen LogP contribution in [0.4, 0.5) is 0 Å². The van der Waals surface area contributed by atoms with Crippen LogP contribution in [0, 0.1) is 0 Å². The molecule has 0 bridgehead atoms. The Bertz CT molecular complexity index is 556. The minimum atomic E-state index is -0.591. The number of ether oxygens (including phenoxy) is 1. The van der Waals surface area contributed by atoms with E-state index in [0.717, 1.165) is 44.9 Å². The molecule has 0 saturated carbocycles. The molecular formula is C25H41NO3. The molecule has 164 valence electrons. The first-order valence-corrected chi connectivity index (χ1v) is 10.2. The number of esters is 1. The van der Waals surface area contributed by atoms with Crippen molar-refractivity contribution < 1.29 is 14.3 Å². The van der Waals surface area contributed by atoms with Gasteiger partial charge >= 0.3 is 5.97 Å². The van der Waals surface area contributed by atoms with Crippen molar-refractivity contribution in [2.45, 2.75) is 78.7 Å². The van der Waals surface area contributed by atoms with Gasteiger partial charge in [0.2, 0.25) is 5.91 Å². The first kappa shape index (κ1) is 28.8. The summed E-state index contributed by atoms with van der Waals surface area (Å²) in [6, 6.07) is -0.591. The maximum absolute atomic E-state index is 11.7. The molecule has 0 aliphatic rings. The van der Waals surface area contributed by atoms with Gasteiger partial charge in [-0.05, 0) is 51.9 Å². The fourth-order valence-electron chi connectivity index (χ4n) is 2.30. The maximum atomic E-state index is 11.7. The van der Waals surface area contributed by atoms with E-state index >= 15 is 0 Å². The Morgan fingerprint density at radius 3 is 1.72 bits per heavy atom. The normalized spacial score (nSPS) is 12.9. The number of methoxy groups -OCH3 is 1. The summed E-state index contributed by atoms with van der Waals surface area (Å²) in [5.41, 5.74) is 0. The van der Waals surface area contributed by atoms with Crippen molar-refractivity contribution >= 4 is 11.9 Å². The van der Waals surface area contributed by atoms with E-state index in [-0.39, 0.29) is 13.3 Å². The molecule has 4 heteroatoms. The second-order valence-electron chi connectivity index (χ2n) is 6.41. The Kier molecular flexibility index (Phi) is 21.8. The second kappa shape index (κ2) is 21.9. The van der Waals surface area contributed by atoms with Gasteiger partial charge in [0.25, 0.3) is 0 Å². The third kappa shape index (κ3) is 20.2. The number of amides is 1. The molecule has 0 saturated heterocycles. The fourth-order valence-corrected chi connectivity index (χ4v) is 2.30. The first-order valence-electron chi connectivity index (χ1n) is 10.2. The quantitative estimate of drug-likeness (QED) is 0.200. The van der Waals surface area contributed by atoms with Gasteiger partial charge in [0, 0.05) is 6.42 Å². The highest BCUT2D eigenvalue weighted by Gasteiger charge is 2.14. The lowest BCUT2D eigenvalue weighted by Gasteiger charge is -2.10. The third-order valence-electron chi connectivity index (χ3n) is 3.86. The molecule has 0 rings (SSSR count). The van der Waals surface area contributed by atoms with Crippen LogP contribution < -0.4 is 5.32 Å². The highest BCUT2D eigenvalue weighted by atomic mass is 16.5. The van der Waals surface area contributed by atoms with Crippen LogP contribution in [0.15, 0.2) is 60.8 Å². The monoisotopic (exact) mass is 403 g/mol. The van der Waals surface area contributed by atoms with Crippen LogP contribution in [0.3, 0.4) is 0 Å². The van der Waals surface area contributed by atoms with Gasteiger partial charge in [-0.25, -0.2) is 4.79 Å². The largest absolute Gasteiger partial charge is 0.467 e. The molecule has 0 spiro atoms. The molecule has 1 N–H and O–H groups in total. The Balaban J connectivity index is 0. The summed E-state index contributed by atoms with van der Waals surface area (Å²) < 4.78 is 4.57. The number of unbranched alkanes of at least 4 members (excludes halogenated alkanes) is 1. The van der Waals surface area contributed by atoms with Crippen LogP contribution >= 0.6 is 0 Å². The predicted molar refractivity (Wildman–Crippen MR) is 125 cm³/mol. The predicted octanol–water partition coefficient (Wildman–Crippen LogP) is 6.22. The number of hydrogen-bond acceptors (Lipinski definition) is 3. The van der Waals surface area contributed by atoms with Crippen LogP contribution in [-0.2, 0) is 14.3 Å². The van der Waals surface area contributed by atoms with Crippen molar-refractivity contribution in [1.82, 2.24) is 5.32 Å². The summed E-state index contributed by atoms with van der Waals surface area (Å²) in [5.74, 6) is -0.545. The van der Waals surface area contributed by atoms with Crippen molar-refractivity contribution in [3.63, 3.8) is 0 Å². The summed E-state index contributed by atoms with van der Waals surface area (Å²) in [7, 11) is 1.31. The molecule has 0 aromatic rings. The molecule has 0 radical (unpaired) electrons. The van der Waals surface area contributed by atoms with Crippen LogP contribution in [0.5, 0.6) is 0 Å². The minimum absolute atomic E-state index is 0. The Morgan fingerprint density at radius 2 is 1.28 bits per heavy atom. The average Bonchev–Trinajstić information content (AvgIpc) is 2.69. The molecule has 1 atom stereocenters. The van der Waals surface area contributed by atoms with Crippen LogP contribution in [0.25, 0.3) is 0 Å². The third-order valence-corrected chi connectivity index (χ3v) is 3.86. The van der Waals surface area contributed by atoms with Gasteiger partial charge < -0.3 is 10.1 Å². The van der Waals surface area contributed by atoms with E-state index in [1.54, 1.807) is 6.92 Å². The van der Waals surface area contributed by atoms with Crippen molar-refractivity contribution in [2.24, 2.45) is 0 Å². The number of nitrogens with one attached hydrogen (secondary N) is 1. The van der Waals surface area contributed by atoms with Crippen LogP contribution in [-0.4, -0.2) is 25.0 Å². The number of hydrogen-bond donors (Lipinski definition) is 1. The number of rotatable bonds is 15. The zero-order valence-corrected chi connectivity index (χ0v) is 17.7. The van der Waals surface area contributed by atoms with E-state index in [1.807, 2.05) is 0 Å². The highest BCUT2D eigenvalue weighted by molar-refractivity contribution is 5.83. The maximum Gasteiger partial charge on any atom is 0.328 e. The fraction of sp³-hybridized carbons (Fsp3) is 0.520. The van der Waals surface area contributed by atoms with E-state index in [9.17, 15) is 9.59 Å². The number of carbonyl (C=O) groups excluding carboxylic acids is 2. The van der Waals surface area contributed by atoms with Gasteiger partial charge in [-0.3, -0.25) is 4.79 Å². The Morgan fingerprint density at radius 1 is 0.828 bits per heavy atom. The lowest BCUT2D eigenvalue weighted by molar-refractivity contribution is -0.144. The minimum Gasteiger partial charge on any atom is -0.467 e. The topological polar surface area (TPSA) is 55.4 Å². The highest BCUT2D eigenvalue weighted by Crippen LogP contribution is 2.00. The molecule has 0 fully saturated rings. The van der Waals surface area contributed by atoms with E-state index in [0.29, 0.717) is 6.42 Å². The second-order valence-corrected chi connectivity index (χ2v) is 6.41. The SMILES string of the molecule is C.CC/C=C\C/C=C\C/C=C\C/C=C\C/C=C\CCCC(=O)NC(C)C(=O)OC. The molecule has 4 nitrogen and oxygen atoms in total. The van der Waals surface area contributed by atoms with Gasteiger partial charge in [-0.2, -0.15) is 0 Å². The zero-order valence-electron chi connectivity index (χ0n) is 17.7. The molecule has 1 unspecified atom stereocenters. The molecule has 0 aromatic carbocycles. The molecule has 0 aliphatic carbocycles. The van der Waals surface area contributed by atoms with E-state index < -0.39 is 12.0 Å². The van der Waals surface area contributed by atoms with E-state index in [2.05, 4.69) is 77.7 Å². The van der Waals surface area contributed by atoms with E-state index in [1.165, 1.54) is 7.11 Å². The van der Waals surface area contributed by atoms with Crippen LogP contribution in [0.2, 0.25) is 0 Å². The average molecular weight is 404 g/mol. The Labute approximate surface area is 178 Å². The van der Waals surface area contributed by atoms with Crippen molar-refractivity contribution in [2.75, 3.05) is 7.11 Å². The van der Waals surface area contributed by atoms with Gasteiger partial charge in [0.05, 0.1) is 7.11 Å². The first-order chi connectivity index (χ1) is 13.6. The molecule has 1 amide bonds. The summed E-state index contributed by atoms with van der Waals surface area (Å²) in [6.07, 6.45) is 28.7. The summed E-state index contributed by atoms with van der Waals surface area (Å²) in [4.78, 5) is 22.9.